The van der Waals surface area contributed by atoms with Crippen LogP contribution in [0.25, 0.3) is 0 Å². The molecule has 0 aromatic rings. The highest BCUT2D eigenvalue weighted by atomic mass is 35.5. The van der Waals surface area contributed by atoms with Gasteiger partial charge >= 0.3 is 0 Å². The predicted molar refractivity (Wildman–Crippen MR) is 41.5 cm³/mol. The largest absolute Gasteiger partial charge is 0.395 e. The summed E-state index contributed by atoms with van der Waals surface area (Å²) in [6.45, 7) is 3.68. The molecule has 0 aromatic heterocycles. The number of nitrogens with one attached hydrogen (secondary N) is 1. The molecular formula is C6H14ClNO2. The summed E-state index contributed by atoms with van der Waals surface area (Å²) in [5.41, 5.74) is 0. The van der Waals surface area contributed by atoms with Crippen LogP contribution in [0.5, 0.6) is 0 Å². The second-order valence-corrected chi connectivity index (χ2v) is 2.43. The fourth-order valence-corrected chi connectivity index (χ4v) is 0.848. The summed E-state index contributed by atoms with van der Waals surface area (Å²) in [7, 11) is 0. The normalized spacial score (nSPS) is 33.0. The van der Waals surface area contributed by atoms with Crippen molar-refractivity contribution in [2.24, 2.45) is 0 Å². The van der Waals surface area contributed by atoms with Gasteiger partial charge in [0.2, 0.25) is 0 Å². The van der Waals surface area contributed by atoms with E-state index in [2.05, 4.69) is 5.32 Å². The molecule has 1 aliphatic rings. The van der Waals surface area contributed by atoms with E-state index in [1.807, 2.05) is 6.92 Å². The van der Waals surface area contributed by atoms with Crippen LogP contribution >= 0.6 is 12.4 Å². The van der Waals surface area contributed by atoms with Crippen LogP contribution in [0.3, 0.4) is 0 Å². The average molecular weight is 168 g/mol. The summed E-state index contributed by atoms with van der Waals surface area (Å²) in [4.78, 5) is 0. The van der Waals surface area contributed by atoms with E-state index in [-0.39, 0.29) is 25.1 Å². The molecule has 0 aromatic carbocycles. The van der Waals surface area contributed by atoms with Gasteiger partial charge in [0.25, 0.3) is 0 Å². The van der Waals surface area contributed by atoms with Crippen molar-refractivity contribution in [3.05, 3.63) is 0 Å². The molecule has 4 heteroatoms. The van der Waals surface area contributed by atoms with Gasteiger partial charge in [0.15, 0.2) is 0 Å². The summed E-state index contributed by atoms with van der Waals surface area (Å²) < 4.78 is 5.26. The van der Waals surface area contributed by atoms with Gasteiger partial charge in [0.05, 0.1) is 25.4 Å². The van der Waals surface area contributed by atoms with Gasteiger partial charge in [-0.15, -0.1) is 12.4 Å². The van der Waals surface area contributed by atoms with Crippen LogP contribution in [-0.4, -0.2) is 37.0 Å². The van der Waals surface area contributed by atoms with Crippen molar-refractivity contribution in [3.63, 3.8) is 0 Å². The van der Waals surface area contributed by atoms with E-state index >= 15 is 0 Å². The Balaban J connectivity index is 0.000000810. The van der Waals surface area contributed by atoms with E-state index < -0.39 is 0 Å². The molecule has 1 aliphatic heterocycles. The molecule has 2 unspecified atom stereocenters. The number of rotatable bonds is 1. The number of morpholine rings is 1. The van der Waals surface area contributed by atoms with Crippen LogP contribution in [0.4, 0.5) is 0 Å². The van der Waals surface area contributed by atoms with Crippen LogP contribution in [0.1, 0.15) is 6.92 Å². The van der Waals surface area contributed by atoms with Gasteiger partial charge in [-0.05, 0) is 6.92 Å². The van der Waals surface area contributed by atoms with E-state index in [1.165, 1.54) is 0 Å². The Morgan fingerprint density at radius 1 is 1.70 bits per heavy atom. The highest BCUT2D eigenvalue weighted by Gasteiger charge is 2.15. The topological polar surface area (TPSA) is 41.5 Å². The first-order chi connectivity index (χ1) is 4.33. The van der Waals surface area contributed by atoms with Crippen molar-refractivity contribution < 1.29 is 9.84 Å². The predicted octanol–water partition coefficient (Wildman–Crippen LogP) is -0.223. The second kappa shape index (κ2) is 4.91. The maximum Gasteiger partial charge on any atom is 0.0672 e. The van der Waals surface area contributed by atoms with Gasteiger partial charge in [-0.2, -0.15) is 0 Å². The molecule has 2 N–H and O–H groups in total. The zero-order valence-corrected chi connectivity index (χ0v) is 6.86. The smallest absolute Gasteiger partial charge is 0.0672 e. The fraction of sp³-hybridized carbons (Fsp3) is 1.00. The SMILES string of the molecule is CC1CNC(CO)CO1.Cl. The van der Waals surface area contributed by atoms with Crippen molar-refractivity contribution >= 4 is 12.4 Å². The first-order valence-electron chi connectivity index (χ1n) is 3.28. The Labute approximate surface area is 67.2 Å². The van der Waals surface area contributed by atoms with E-state index in [1.54, 1.807) is 0 Å². The van der Waals surface area contributed by atoms with E-state index in [9.17, 15) is 0 Å². The quantitative estimate of drug-likeness (QED) is 0.568. The molecular weight excluding hydrogens is 154 g/mol. The fourth-order valence-electron chi connectivity index (χ4n) is 0.848. The summed E-state index contributed by atoms with van der Waals surface area (Å²) in [6.07, 6.45) is 0.299. The Morgan fingerprint density at radius 2 is 2.40 bits per heavy atom. The van der Waals surface area contributed by atoms with Crippen molar-refractivity contribution in [1.82, 2.24) is 5.32 Å². The number of hydrogen-bond donors (Lipinski definition) is 2. The highest BCUT2D eigenvalue weighted by Crippen LogP contribution is 1.98. The monoisotopic (exact) mass is 167 g/mol. The third-order valence-corrected chi connectivity index (χ3v) is 1.50. The van der Waals surface area contributed by atoms with E-state index in [0.29, 0.717) is 12.7 Å². The third-order valence-electron chi connectivity index (χ3n) is 1.50. The van der Waals surface area contributed by atoms with Crippen molar-refractivity contribution in [1.29, 1.82) is 0 Å². The molecule has 1 saturated heterocycles. The van der Waals surface area contributed by atoms with Crippen LogP contribution in [0, 0.1) is 0 Å². The van der Waals surface area contributed by atoms with Gasteiger partial charge in [0.1, 0.15) is 0 Å². The van der Waals surface area contributed by atoms with Gasteiger partial charge in [-0.25, -0.2) is 0 Å². The van der Waals surface area contributed by atoms with Crippen LogP contribution in [-0.2, 0) is 4.74 Å². The lowest BCUT2D eigenvalue weighted by molar-refractivity contribution is 0.00184. The Morgan fingerprint density at radius 3 is 2.80 bits per heavy atom. The molecule has 0 spiro atoms. The molecule has 3 nitrogen and oxygen atoms in total. The summed E-state index contributed by atoms with van der Waals surface area (Å²) in [5.74, 6) is 0. The molecule has 0 aliphatic carbocycles. The lowest BCUT2D eigenvalue weighted by atomic mass is 10.2. The maximum absolute atomic E-state index is 8.63. The van der Waals surface area contributed by atoms with Gasteiger partial charge < -0.3 is 15.2 Å². The second-order valence-electron chi connectivity index (χ2n) is 2.43. The Kier molecular flexibility index (Phi) is 4.99. The van der Waals surface area contributed by atoms with E-state index in [4.69, 9.17) is 9.84 Å². The zero-order chi connectivity index (χ0) is 6.69. The Bertz CT molecular complexity index is 83.8. The van der Waals surface area contributed by atoms with E-state index in [0.717, 1.165) is 6.54 Å². The molecule has 62 valence electrons. The van der Waals surface area contributed by atoms with Gasteiger partial charge in [0, 0.05) is 6.54 Å². The first kappa shape index (κ1) is 10.2. The lowest BCUT2D eigenvalue weighted by Crippen LogP contribution is -2.47. The van der Waals surface area contributed by atoms with Crippen molar-refractivity contribution in [2.45, 2.75) is 19.1 Å². The molecule has 0 saturated carbocycles. The molecule has 0 radical (unpaired) electrons. The molecule has 10 heavy (non-hydrogen) atoms. The lowest BCUT2D eigenvalue weighted by Gasteiger charge is -2.26. The molecule has 0 bridgehead atoms. The number of hydrogen-bond acceptors (Lipinski definition) is 3. The maximum atomic E-state index is 8.63. The Hall–Kier alpha value is 0.170. The minimum absolute atomic E-state index is 0. The summed E-state index contributed by atoms with van der Waals surface area (Å²) in [5, 5.41) is 11.8. The minimum Gasteiger partial charge on any atom is -0.395 e. The summed E-state index contributed by atoms with van der Waals surface area (Å²) >= 11 is 0. The van der Waals surface area contributed by atoms with Crippen molar-refractivity contribution in [3.8, 4) is 0 Å². The van der Waals surface area contributed by atoms with Gasteiger partial charge in [-0.1, -0.05) is 0 Å². The average Bonchev–Trinajstić information content (AvgIpc) is 1.90. The van der Waals surface area contributed by atoms with Gasteiger partial charge in [-0.3, -0.25) is 0 Å². The molecule has 1 rings (SSSR count). The first-order valence-corrected chi connectivity index (χ1v) is 3.28. The summed E-state index contributed by atoms with van der Waals surface area (Å²) in [6, 6.07) is 0.154. The standard InChI is InChI=1S/C6H13NO2.ClH/c1-5-2-7-6(3-8)4-9-5;/h5-8H,2-4H2,1H3;1H. The number of ether oxygens (including phenoxy) is 1. The minimum atomic E-state index is 0. The molecule has 1 heterocycles. The van der Waals surface area contributed by atoms with Crippen LogP contribution in [0.2, 0.25) is 0 Å². The number of halogens is 1. The molecule has 1 fully saturated rings. The van der Waals surface area contributed by atoms with Crippen LogP contribution in [0.15, 0.2) is 0 Å². The third kappa shape index (κ3) is 2.84. The number of aliphatic hydroxyl groups excluding tert-OH is 1. The number of aliphatic hydroxyl groups is 1. The van der Waals surface area contributed by atoms with Crippen molar-refractivity contribution in [2.75, 3.05) is 19.8 Å². The highest BCUT2D eigenvalue weighted by molar-refractivity contribution is 5.85. The zero-order valence-electron chi connectivity index (χ0n) is 6.04. The van der Waals surface area contributed by atoms with Crippen LogP contribution < -0.4 is 5.32 Å². The molecule has 0 amide bonds. The molecule has 2 atom stereocenters.